The zero-order chi connectivity index (χ0) is 13.7. The number of fused-ring (bicyclic) bond motifs is 1. The van der Waals surface area contributed by atoms with Crippen molar-refractivity contribution in [2.75, 3.05) is 26.9 Å². The number of hydrogen-bond acceptors (Lipinski definition) is 3. The zero-order valence-corrected chi connectivity index (χ0v) is 12.2. The van der Waals surface area contributed by atoms with Crippen molar-refractivity contribution in [3.8, 4) is 5.75 Å². The maximum absolute atomic E-state index is 5.87. The molecule has 1 unspecified atom stereocenters. The van der Waals surface area contributed by atoms with Crippen molar-refractivity contribution in [3.05, 3.63) is 29.3 Å². The Labute approximate surface area is 116 Å². The molecule has 1 N–H and O–H groups in total. The molecule has 1 aliphatic carbocycles. The summed E-state index contributed by atoms with van der Waals surface area (Å²) in [6.07, 6.45) is 2.26. The molecule has 0 aromatic heterocycles. The summed E-state index contributed by atoms with van der Waals surface area (Å²) in [5.41, 5.74) is 2.76. The van der Waals surface area contributed by atoms with E-state index < -0.39 is 0 Å². The smallest absolute Gasteiger partial charge is 0.122 e. The highest BCUT2D eigenvalue weighted by atomic mass is 16.5. The molecule has 0 saturated heterocycles. The topological polar surface area (TPSA) is 30.5 Å². The zero-order valence-electron chi connectivity index (χ0n) is 12.2. The van der Waals surface area contributed by atoms with Gasteiger partial charge in [0.15, 0.2) is 0 Å². The van der Waals surface area contributed by atoms with Crippen LogP contribution in [0.2, 0.25) is 0 Å². The fraction of sp³-hybridized carbons (Fsp3) is 0.625. The predicted octanol–water partition coefficient (Wildman–Crippen LogP) is 2.94. The van der Waals surface area contributed by atoms with E-state index in [2.05, 4.69) is 37.4 Å². The van der Waals surface area contributed by atoms with Gasteiger partial charge in [-0.2, -0.15) is 0 Å². The average Bonchev–Trinajstić information content (AvgIpc) is 2.81. The van der Waals surface area contributed by atoms with Crippen LogP contribution in [-0.4, -0.2) is 26.9 Å². The predicted molar refractivity (Wildman–Crippen MR) is 77.7 cm³/mol. The molecule has 0 spiro atoms. The maximum atomic E-state index is 5.87. The second kappa shape index (κ2) is 6.92. The number of hydrogen-bond donors (Lipinski definition) is 1. The first-order chi connectivity index (χ1) is 9.22. The van der Waals surface area contributed by atoms with Gasteiger partial charge in [0.1, 0.15) is 12.4 Å². The van der Waals surface area contributed by atoms with E-state index in [4.69, 9.17) is 9.47 Å². The van der Waals surface area contributed by atoms with Crippen molar-refractivity contribution >= 4 is 0 Å². The molecule has 1 atom stereocenters. The first-order valence-corrected chi connectivity index (χ1v) is 7.22. The van der Waals surface area contributed by atoms with Crippen molar-refractivity contribution in [1.29, 1.82) is 0 Å². The van der Waals surface area contributed by atoms with Gasteiger partial charge in [0, 0.05) is 12.6 Å². The van der Waals surface area contributed by atoms with Crippen LogP contribution < -0.4 is 10.1 Å². The summed E-state index contributed by atoms with van der Waals surface area (Å²) in [7, 11) is 2.02. The molecule has 106 valence electrons. The van der Waals surface area contributed by atoms with Crippen molar-refractivity contribution in [2.45, 2.75) is 32.7 Å². The lowest BCUT2D eigenvalue weighted by Crippen LogP contribution is -2.13. The third-order valence-corrected chi connectivity index (χ3v) is 3.51. The molecule has 1 aromatic carbocycles. The van der Waals surface area contributed by atoms with Crippen molar-refractivity contribution in [2.24, 2.45) is 5.92 Å². The number of ether oxygens (including phenoxy) is 2. The summed E-state index contributed by atoms with van der Waals surface area (Å²) in [4.78, 5) is 0. The van der Waals surface area contributed by atoms with E-state index >= 15 is 0 Å². The van der Waals surface area contributed by atoms with Gasteiger partial charge in [-0.15, -0.1) is 0 Å². The molecule has 0 saturated carbocycles. The minimum atomic E-state index is 0.482. The highest BCUT2D eigenvalue weighted by Gasteiger charge is 2.23. The lowest BCUT2D eigenvalue weighted by atomic mass is 10.1. The molecule has 0 fully saturated rings. The van der Waals surface area contributed by atoms with E-state index in [-0.39, 0.29) is 0 Å². The minimum Gasteiger partial charge on any atom is -0.491 e. The fourth-order valence-corrected chi connectivity index (χ4v) is 2.59. The molecule has 1 aliphatic rings. The highest BCUT2D eigenvalue weighted by molar-refractivity contribution is 5.45. The van der Waals surface area contributed by atoms with Gasteiger partial charge in [-0.05, 0) is 43.0 Å². The van der Waals surface area contributed by atoms with Gasteiger partial charge in [0.05, 0.1) is 6.61 Å². The van der Waals surface area contributed by atoms with Gasteiger partial charge in [-0.1, -0.05) is 26.0 Å². The Balaban J connectivity index is 1.86. The van der Waals surface area contributed by atoms with E-state index in [1.165, 1.54) is 11.1 Å². The second-order valence-electron chi connectivity index (χ2n) is 5.52. The van der Waals surface area contributed by atoms with E-state index in [1.54, 1.807) is 0 Å². The molecule has 0 amide bonds. The Morgan fingerprint density at radius 3 is 2.89 bits per heavy atom. The molecular formula is C16H25NO2. The molecule has 0 aliphatic heterocycles. The molecule has 1 aromatic rings. The Bertz CT molecular complexity index is 404. The monoisotopic (exact) mass is 263 g/mol. The van der Waals surface area contributed by atoms with Crippen molar-refractivity contribution in [1.82, 2.24) is 5.32 Å². The van der Waals surface area contributed by atoms with Gasteiger partial charge >= 0.3 is 0 Å². The Hall–Kier alpha value is -1.06. The van der Waals surface area contributed by atoms with Crippen LogP contribution in [0.4, 0.5) is 0 Å². The van der Waals surface area contributed by atoms with Crippen LogP contribution in [0.5, 0.6) is 5.75 Å². The summed E-state index contributed by atoms with van der Waals surface area (Å²) in [5, 5.41) is 3.36. The molecule has 0 bridgehead atoms. The van der Waals surface area contributed by atoms with Crippen LogP contribution in [0.1, 0.15) is 37.4 Å². The first-order valence-electron chi connectivity index (χ1n) is 7.22. The van der Waals surface area contributed by atoms with Gasteiger partial charge in [0.25, 0.3) is 0 Å². The molecule has 0 radical (unpaired) electrons. The third kappa shape index (κ3) is 3.71. The second-order valence-corrected chi connectivity index (χ2v) is 5.52. The highest BCUT2D eigenvalue weighted by Crippen LogP contribution is 2.36. The Morgan fingerprint density at radius 1 is 1.32 bits per heavy atom. The van der Waals surface area contributed by atoms with Crippen molar-refractivity contribution < 1.29 is 9.47 Å². The number of rotatable bonds is 7. The van der Waals surface area contributed by atoms with E-state index in [9.17, 15) is 0 Å². The van der Waals surface area contributed by atoms with Gasteiger partial charge < -0.3 is 14.8 Å². The number of nitrogens with one attached hydrogen (secondary N) is 1. The van der Waals surface area contributed by atoms with Crippen molar-refractivity contribution in [3.63, 3.8) is 0 Å². The molecular weight excluding hydrogens is 238 g/mol. The molecule has 3 heteroatoms. The summed E-state index contributed by atoms with van der Waals surface area (Å²) < 4.78 is 11.4. The van der Waals surface area contributed by atoms with Crippen LogP contribution in [-0.2, 0) is 11.2 Å². The van der Waals surface area contributed by atoms with E-state index in [0.29, 0.717) is 25.2 Å². The molecule has 2 rings (SSSR count). The minimum absolute atomic E-state index is 0.482. The van der Waals surface area contributed by atoms with E-state index in [0.717, 1.165) is 25.2 Å². The normalized spacial score (nSPS) is 17.8. The Morgan fingerprint density at radius 2 is 2.16 bits per heavy atom. The first kappa shape index (κ1) is 14.4. The summed E-state index contributed by atoms with van der Waals surface area (Å²) in [6, 6.07) is 6.83. The van der Waals surface area contributed by atoms with Crippen LogP contribution in [0.3, 0.4) is 0 Å². The lowest BCUT2D eigenvalue weighted by Gasteiger charge is -2.13. The van der Waals surface area contributed by atoms with Crippen LogP contribution in [0, 0.1) is 5.92 Å². The standard InChI is InChI=1S/C16H25NO2/c1-12(2)11-18-9-10-19-16-6-4-5-13-14(16)7-8-15(13)17-3/h4-6,12,15,17H,7-11H2,1-3H3. The third-order valence-electron chi connectivity index (χ3n) is 3.51. The van der Waals surface area contributed by atoms with Crippen LogP contribution >= 0.6 is 0 Å². The Kier molecular flexibility index (Phi) is 5.23. The van der Waals surface area contributed by atoms with Gasteiger partial charge in [-0.25, -0.2) is 0 Å². The average molecular weight is 263 g/mol. The largest absolute Gasteiger partial charge is 0.491 e. The van der Waals surface area contributed by atoms with Gasteiger partial charge in [-0.3, -0.25) is 0 Å². The van der Waals surface area contributed by atoms with Gasteiger partial charge in [0.2, 0.25) is 0 Å². The number of benzene rings is 1. The lowest BCUT2D eigenvalue weighted by molar-refractivity contribution is 0.0816. The van der Waals surface area contributed by atoms with Crippen LogP contribution in [0.25, 0.3) is 0 Å². The summed E-state index contributed by atoms with van der Waals surface area (Å²) in [6.45, 7) is 6.41. The fourth-order valence-electron chi connectivity index (χ4n) is 2.59. The molecule has 3 nitrogen and oxygen atoms in total. The molecule has 0 heterocycles. The quantitative estimate of drug-likeness (QED) is 0.767. The molecule has 19 heavy (non-hydrogen) atoms. The maximum Gasteiger partial charge on any atom is 0.122 e. The summed E-state index contributed by atoms with van der Waals surface area (Å²) in [5.74, 6) is 1.61. The van der Waals surface area contributed by atoms with Crippen LogP contribution in [0.15, 0.2) is 18.2 Å². The summed E-state index contributed by atoms with van der Waals surface area (Å²) >= 11 is 0. The SMILES string of the molecule is CNC1CCc2c(OCCOCC(C)C)cccc21. The van der Waals surface area contributed by atoms with E-state index in [1.807, 2.05) is 7.05 Å².